The minimum absolute atomic E-state index is 0.0172. The smallest absolute Gasteiger partial charge is 0.246 e. The van der Waals surface area contributed by atoms with Crippen LogP contribution >= 0.6 is 0 Å². The zero-order valence-corrected chi connectivity index (χ0v) is 16.9. The summed E-state index contributed by atoms with van der Waals surface area (Å²) >= 11 is 0. The molecule has 0 aliphatic carbocycles. The number of ether oxygens (including phenoxy) is 2. The Morgan fingerprint density at radius 1 is 1.07 bits per heavy atom. The maximum absolute atomic E-state index is 13.2. The quantitative estimate of drug-likeness (QED) is 0.739. The van der Waals surface area contributed by atoms with Crippen LogP contribution in [0.25, 0.3) is 0 Å². The largest absolute Gasteiger partial charge is 0.497 e. The minimum atomic E-state index is -0.397. The molecule has 0 fully saturated rings. The fourth-order valence-electron chi connectivity index (χ4n) is 3.55. The van der Waals surface area contributed by atoms with E-state index in [1.54, 1.807) is 14.2 Å². The van der Waals surface area contributed by atoms with Crippen molar-refractivity contribution >= 4 is 23.2 Å². The van der Waals surface area contributed by atoms with Crippen LogP contribution in [-0.4, -0.2) is 45.7 Å². The van der Waals surface area contributed by atoms with E-state index < -0.39 is 5.91 Å². The highest BCUT2D eigenvalue weighted by Crippen LogP contribution is 2.31. The van der Waals surface area contributed by atoms with E-state index in [2.05, 4.69) is 0 Å². The Hall–Kier alpha value is -3.22. The second-order valence-electron chi connectivity index (χ2n) is 6.98. The van der Waals surface area contributed by atoms with Crippen LogP contribution in [0.2, 0.25) is 0 Å². The van der Waals surface area contributed by atoms with Gasteiger partial charge >= 0.3 is 0 Å². The second kappa shape index (κ2) is 9.32. The van der Waals surface area contributed by atoms with Gasteiger partial charge in [0.25, 0.3) is 0 Å². The first-order valence-corrected chi connectivity index (χ1v) is 9.66. The molecule has 0 unspecified atom stereocenters. The van der Waals surface area contributed by atoms with Gasteiger partial charge in [-0.3, -0.25) is 9.59 Å². The third-order valence-corrected chi connectivity index (χ3v) is 5.10. The summed E-state index contributed by atoms with van der Waals surface area (Å²) in [4.78, 5) is 28.2. The SMILES string of the molecule is COc1ccc(N(CCC(N)=O)CC(=O)N2CCCc3cc(OC)ccc32)cc1. The minimum Gasteiger partial charge on any atom is -0.497 e. The van der Waals surface area contributed by atoms with Crippen LogP contribution in [0.4, 0.5) is 11.4 Å². The van der Waals surface area contributed by atoms with E-state index in [1.165, 1.54) is 0 Å². The topological polar surface area (TPSA) is 85.1 Å². The number of fused-ring (bicyclic) bond motifs is 1. The van der Waals surface area contributed by atoms with E-state index in [4.69, 9.17) is 15.2 Å². The lowest BCUT2D eigenvalue weighted by Crippen LogP contribution is -2.43. The molecule has 2 amide bonds. The molecule has 7 nitrogen and oxygen atoms in total. The average molecular weight is 397 g/mol. The molecule has 154 valence electrons. The summed E-state index contributed by atoms with van der Waals surface area (Å²) in [5.74, 6) is 1.11. The van der Waals surface area contributed by atoms with Crippen molar-refractivity contribution in [3.8, 4) is 11.5 Å². The van der Waals surface area contributed by atoms with Gasteiger partial charge in [-0.05, 0) is 60.9 Å². The maximum atomic E-state index is 13.2. The Kier molecular flexibility index (Phi) is 6.59. The van der Waals surface area contributed by atoms with Gasteiger partial charge in [0.05, 0.1) is 20.8 Å². The lowest BCUT2D eigenvalue weighted by Gasteiger charge is -2.32. The van der Waals surface area contributed by atoms with Gasteiger partial charge in [-0.2, -0.15) is 0 Å². The van der Waals surface area contributed by atoms with E-state index in [9.17, 15) is 9.59 Å². The van der Waals surface area contributed by atoms with Crippen LogP contribution < -0.4 is 25.0 Å². The summed E-state index contributed by atoms with van der Waals surface area (Å²) in [5, 5.41) is 0. The van der Waals surface area contributed by atoms with Gasteiger partial charge in [0.1, 0.15) is 11.5 Å². The van der Waals surface area contributed by atoms with E-state index in [1.807, 2.05) is 52.3 Å². The zero-order valence-electron chi connectivity index (χ0n) is 16.9. The highest BCUT2D eigenvalue weighted by atomic mass is 16.5. The van der Waals surface area contributed by atoms with Crippen molar-refractivity contribution in [2.45, 2.75) is 19.3 Å². The summed E-state index contributed by atoms with van der Waals surface area (Å²) in [6.07, 6.45) is 1.99. The molecule has 3 rings (SSSR count). The summed E-state index contributed by atoms with van der Waals surface area (Å²) in [6.45, 7) is 1.20. The first-order valence-electron chi connectivity index (χ1n) is 9.66. The Bertz CT molecular complexity index is 867. The molecule has 1 aliphatic heterocycles. The standard InChI is InChI=1S/C22H27N3O4/c1-28-18-7-5-17(6-8-18)24(13-11-21(23)26)15-22(27)25-12-3-4-16-14-19(29-2)9-10-20(16)25/h5-10,14H,3-4,11-13,15H2,1-2H3,(H2,23,26). The van der Waals surface area contributed by atoms with Crippen LogP contribution in [0, 0.1) is 0 Å². The predicted molar refractivity (Wildman–Crippen MR) is 113 cm³/mol. The van der Waals surface area contributed by atoms with Crippen LogP contribution in [0.5, 0.6) is 11.5 Å². The normalized spacial score (nSPS) is 12.8. The predicted octanol–water partition coefficient (Wildman–Crippen LogP) is 2.37. The number of rotatable bonds is 8. The Labute approximate surface area is 171 Å². The number of nitrogens with zero attached hydrogens (tertiary/aromatic N) is 2. The van der Waals surface area contributed by atoms with E-state index >= 15 is 0 Å². The molecule has 0 saturated carbocycles. The van der Waals surface area contributed by atoms with Gasteiger partial charge in [0.2, 0.25) is 11.8 Å². The monoisotopic (exact) mass is 397 g/mol. The van der Waals surface area contributed by atoms with Crippen molar-refractivity contribution in [2.24, 2.45) is 5.73 Å². The molecule has 0 aromatic heterocycles. The number of benzene rings is 2. The molecule has 2 N–H and O–H groups in total. The van der Waals surface area contributed by atoms with Gasteiger partial charge in [0, 0.05) is 30.9 Å². The van der Waals surface area contributed by atoms with Gasteiger partial charge in [-0.25, -0.2) is 0 Å². The molecular formula is C22H27N3O4. The van der Waals surface area contributed by atoms with Gasteiger partial charge in [-0.1, -0.05) is 0 Å². The molecule has 2 aromatic carbocycles. The lowest BCUT2D eigenvalue weighted by molar-refractivity contribution is -0.119. The van der Waals surface area contributed by atoms with Crippen molar-refractivity contribution in [3.63, 3.8) is 0 Å². The molecule has 2 aromatic rings. The second-order valence-corrected chi connectivity index (χ2v) is 6.98. The fraction of sp³-hybridized carbons (Fsp3) is 0.364. The van der Waals surface area contributed by atoms with Crippen molar-refractivity contribution in [1.29, 1.82) is 0 Å². The molecule has 1 aliphatic rings. The third kappa shape index (κ3) is 4.99. The first kappa shape index (κ1) is 20.5. The number of hydrogen-bond acceptors (Lipinski definition) is 5. The number of carbonyl (C=O) groups is 2. The number of anilines is 2. The molecule has 29 heavy (non-hydrogen) atoms. The molecule has 1 heterocycles. The van der Waals surface area contributed by atoms with Crippen LogP contribution in [0.3, 0.4) is 0 Å². The summed E-state index contributed by atoms with van der Waals surface area (Å²) in [6, 6.07) is 13.2. The number of methoxy groups -OCH3 is 2. The zero-order chi connectivity index (χ0) is 20.8. The fourth-order valence-corrected chi connectivity index (χ4v) is 3.55. The number of nitrogens with two attached hydrogens (primary N) is 1. The molecule has 0 bridgehead atoms. The van der Waals surface area contributed by atoms with Gasteiger partial charge in [-0.15, -0.1) is 0 Å². The van der Waals surface area contributed by atoms with Gasteiger partial charge < -0.3 is 25.0 Å². The summed E-state index contributed by atoms with van der Waals surface area (Å²) in [7, 11) is 3.24. The summed E-state index contributed by atoms with van der Waals surface area (Å²) in [5.41, 5.74) is 8.21. The Balaban J connectivity index is 1.80. The van der Waals surface area contributed by atoms with Crippen LogP contribution in [0.1, 0.15) is 18.4 Å². The third-order valence-electron chi connectivity index (χ3n) is 5.10. The van der Waals surface area contributed by atoms with Gasteiger partial charge in [0.15, 0.2) is 0 Å². The Morgan fingerprint density at radius 2 is 1.76 bits per heavy atom. The molecule has 7 heteroatoms. The van der Waals surface area contributed by atoms with Crippen molar-refractivity contribution in [1.82, 2.24) is 0 Å². The van der Waals surface area contributed by atoms with E-state index in [0.717, 1.165) is 41.3 Å². The lowest BCUT2D eigenvalue weighted by atomic mass is 10.0. The molecule has 0 radical (unpaired) electrons. The molecular weight excluding hydrogens is 370 g/mol. The number of primary amides is 1. The number of amides is 2. The average Bonchev–Trinajstić information content (AvgIpc) is 2.75. The van der Waals surface area contributed by atoms with Crippen molar-refractivity contribution in [3.05, 3.63) is 48.0 Å². The van der Waals surface area contributed by atoms with Crippen molar-refractivity contribution in [2.75, 3.05) is 43.7 Å². The number of hydrogen-bond donors (Lipinski definition) is 1. The Morgan fingerprint density at radius 3 is 2.41 bits per heavy atom. The molecule has 0 spiro atoms. The maximum Gasteiger partial charge on any atom is 0.246 e. The van der Waals surface area contributed by atoms with Crippen molar-refractivity contribution < 1.29 is 19.1 Å². The van der Waals surface area contributed by atoms with Crippen LogP contribution in [0.15, 0.2) is 42.5 Å². The molecule has 0 atom stereocenters. The highest BCUT2D eigenvalue weighted by molar-refractivity contribution is 5.97. The number of carbonyl (C=O) groups excluding carboxylic acids is 2. The number of aryl methyl sites for hydroxylation is 1. The molecule has 0 saturated heterocycles. The van der Waals surface area contributed by atoms with E-state index in [-0.39, 0.29) is 18.9 Å². The van der Waals surface area contributed by atoms with Crippen LogP contribution in [-0.2, 0) is 16.0 Å². The first-order chi connectivity index (χ1) is 14.0. The highest BCUT2D eigenvalue weighted by Gasteiger charge is 2.25. The summed E-state index contributed by atoms with van der Waals surface area (Å²) < 4.78 is 10.5. The van der Waals surface area contributed by atoms with E-state index in [0.29, 0.717) is 13.1 Å².